The highest BCUT2D eigenvalue weighted by molar-refractivity contribution is 6.09. The van der Waals surface area contributed by atoms with Gasteiger partial charge in [-0.05, 0) is 34.0 Å². The summed E-state index contributed by atoms with van der Waals surface area (Å²) < 4.78 is 0. The molecule has 0 fully saturated rings. The van der Waals surface area contributed by atoms with E-state index in [2.05, 4.69) is 104 Å². The van der Waals surface area contributed by atoms with Crippen molar-refractivity contribution in [3.63, 3.8) is 0 Å². The van der Waals surface area contributed by atoms with Crippen molar-refractivity contribution in [1.29, 1.82) is 5.26 Å². The van der Waals surface area contributed by atoms with Crippen LogP contribution in [0, 0.1) is 11.3 Å². The first-order valence-corrected chi connectivity index (χ1v) is 10.9. The first kappa shape index (κ1) is 18.7. The number of para-hydroxylation sites is 1. The maximum absolute atomic E-state index is 10.00. The second-order valence-corrected chi connectivity index (χ2v) is 8.96. The molecule has 0 saturated carbocycles. The normalized spacial score (nSPS) is 14.1. The van der Waals surface area contributed by atoms with Crippen molar-refractivity contribution >= 4 is 38.6 Å². The number of anilines is 3. The molecule has 6 rings (SSSR count). The molecule has 0 radical (unpaired) electrons. The fourth-order valence-electron chi connectivity index (χ4n) is 5.26. The highest BCUT2D eigenvalue weighted by Gasteiger charge is 2.39. The number of hydrogen-bond donors (Lipinski definition) is 0. The minimum Gasteiger partial charge on any atom is -0.307 e. The standard InChI is InChI=1S/C30H22N2/c1-30(2)25-17-15-20-9-3-6-12-23(20)28(25)32(27-14-8-5-11-22(27)19-31)29-24-13-7-4-10-21(24)16-18-26(29)30/h3-18H,1-2H3. The van der Waals surface area contributed by atoms with Crippen LogP contribution in [0.5, 0.6) is 0 Å². The Hall–Kier alpha value is -4.09. The molecular weight excluding hydrogens is 388 g/mol. The summed E-state index contributed by atoms with van der Waals surface area (Å²) in [6.45, 7) is 4.61. The van der Waals surface area contributed by atoms with Gasteiger partial charge in [0.1, 0.15) is 6.07 Å². The predicted molar refractivity (Wildman–Crippen MR) is 133 cm³/mol. The number of rotatable bonds is 1. The summed E-state index contributed by atoms with van der Waals surface area (Å²) in [5.74, 6) is 0. The first-order chi connectivity index (χ1) is 15.6. The average molecular weight is 411 g/mol. The lowest BCUT2D eigenvalue weighted by molar-refractivity contribution is 0.634. The Morgan fingerprint density at radius 2 is 1.12 bits per heavy atom. The molecule has 0 atom stereocenters. The third kappa shape index (κ3) is 2.46. The fraction of sp³-hybridized carbons (Fsp3) is 0.100. The van der Waals surface area contributed by atoms with Gasteiger partial charge in [0.15, 0.2) is 0 Å². The van der Waals surface area contributed by atoms with Crippen LogP contribution in [-0.2, 0) is 5.41 Å². The molecule has 1 aliphatic heterocycles. The molecule has 2 heteroatoms. The highest BCUT2D eigenvalue weighted by Crippen LogP contribution is 2.56. The topological polar surface area (TPSA) is 27.0 Å². The van der Waals surface area contributed by atoms with Gasteiger partial charge in [-0.15, -0.1) is 0 Å². The Morgan fingerprint density at radius 3 is 1.69 bits per heavy atom. The van der Waals surface area contributed by atoms with Crippen LogP contribution in [0.25, 0.3) is 21.5 Å². The van der Waals surface area contributed by atoms with Gasteiger partial charge in [0, 0.05) is 16.2 Å². The molecular formula is C30H22N2. The lowest BCUT2D eigenvalue weighted by Crippen LogP contribution is -2.31. The monoisotopic (exact) mass is 410 g/mol. The van der Waals surface area contributed by atoms with Crippen molar-refractivity contribution in [3.05, 3.63) is 114 Å². The molecule has 1 heterocycles. The Balaban J connectivity index is 1.85. The average Bonchev–Trinajstić information content (AvgIpc) is 2.84. The highest BCUT2D eigenvalue weighted by atomic mass is 15.2. The van der Waals surface area contributed by atoms with Crippen molar-refractivity contribution in [2.24, 2.45) is 0 Å². The summed E-state index contributed by atoms with van der Waals surface area (Å²) in [4.78, 5) is 2.33. The zero-order chi connectivity index (χ0) is 21.9. The van der Waals surface area contributed by atoms with E-state index in [-0.39, 0.29) is 5.41 Å². The molecule has 152 valence electrons. The second-order valence-electron chi connectivity index (χ2n) is 8.96. The van der Waals surface area contributed by atoms with Crippen LogP contribution < -0.4 is 4.90 Å². The van der Waals surface area contributed by atoms with Crippen molar-refractivity contribution < 1.29 is 0 Å². The summed E-state index contributed by atoms with van der Waals surface area (Å²) in [7, 11) is 0. The van der Waals surface area contributed by atoms with E-state index in [0.29, 0.717) is 5.56 Å². The Kier molecular flexibility index (Phi) is 3.91. The summed E-state index contributed by atoms with van der Waals surface area (Å²) in [5, 5.41) is 14.8. The fourth-order valence-corrected chi connectivity index (χ4v) is 5.26. The lowest BCUT2D eigenvalue weighted by Gasteiger charge is -2.43. The van der Waals surface area contributed by atoms with Crippen molar-refractivity contribution in [1.82, 2.24) is 0 Å². The van der Waals surface area contributed by atoms with Gasteiger partial charge in [-0.2, -0.15) is 5.26 Å². The third-order valence-corrected chi connectivity index (χ3v) is 6.86. The van der Waals surface area contributed by atoms with Crippen LogP contribution in [0.4, 0.5) is 17.1 Å². The van der Waals surface area contributed by atoms with Crippen molar-refractivity contribution in [2.75, 3.05) is 4.90 Å². The van der Waals surface area contributed by atoms with Gasteiger partial charge in [-0.3, -0.25) is 0 Å². The zero-order valence-electron chi connectivity index (χ0n) is 18.1. The molecule has 0 aliphatic carbocycles. The zero-order valence-corrected chi connectivity index (χ0v) is 18.1. The summed E-state index contributed by atoms with van der Waals surface area (Å²) in [6.07, 6.45) is 0. The molecule has 0 amide bonds. The van der Waals surface area contributed by atoms with E-state index in [1.165, 1.54) is 44.0 Å². The van der Waals surface area contributed by atoms with Gasteiger partial charge in [0.25, 0.3) is 0 Å². The van der Waals surface area contributed by atoms with Crippen LogP contribution >= 0.6 is 0 Å². The van der Waals surface area contributed by atoms with Crippen LogP contribution in [0.1, 0.15) is 30.5 Å². The maximum Gasteiger partial charge on any atom is 0.101 e. The van der Waals surface area contributed by atoms with Crippen LogP contribution in [0.2, 0.25) is 0 Å². The predicted octanol–water partition coefficient (Wildman–Crippen LogP) is 7.97. The molecule has 0 saturated heterocycles. The Bertz CT molecular complexity index is 1480. The molecule has 0 N–H and O–H groups in total. The molecule has 32 heavy (non-hydrogen) atoms. The summed E-state index contributed by atoms with van der Waals surface area (Å²) >= 11 is 0. The number of benzene rings is 5. The van der Waals surface area contributed by atoms with E-state index in [0.717, 1.165) is 5.69 Å². The van der Waals surface area contributed by atoms with Gasteiger partial charge in [0.2, 0.25) is 0 Å². The minimum absolute atomic E-state index is 0.184. The van der Waals surface area contributed by atoms with Crippen LogP contribution in [0.15, 0.2) is 97.1 Å². The molecule has 0 unspecified atom stereocenters. The van der Waals surface area contributed by atoms with Gasteiger partial charge in [-0.25, -0.2) is 0 Å². The van der Waals surface area contributed by atoms with E-state index >= 15 is 0 Å². The van der Waals surface area contributed by atoms with Gasteiger partial charge in [0.05, 0.1) is 22.6 Å². The Morgan fingerprint density at radius 1 is 0.625 bits per heavy atom. The molecule has 2 nitrogen and oxygen atoms in total. The molecule has 1 aliphatic rings. The van der Waals surface area contributed by atoms with E-state index < -0.39 is 0 Å². The molecule has 5 aromatic rings. The largest absolute Gasteiger partial charge is 0.307 e. The van der Waals surface area contributed by atoms with E-state index in [4.69, 9.17) is 0 Å². The number of nitriles is 1. The molecule has 5 aromatic carbocycles. The second kappa shape index (κ2) is 6.70. The minimum atomic E-state index is -0.184. The summed E-state index contributed by atoms with van der Waals surface area (Å²) in [6, 6.07) is 36.4. The quantitative estimate of drug-likeness (QED) is 0.280. The number of fused-ring (bicyclic) bond motifs is 6. The van der Waals surface area contributed by atoms with Crippen LogP contribution in [0.3, 0.4) is 0 Å². The van der Waals surface area contributed by atoms with Gasteiger partial charge < -0.3 is 4.90 Å². The lowest BCUT2D eigenvalue weighted by atomic mass is 9.72. The number of hydrogen-bond acceptors (Lipinski definition) is 2. The maximum atomic E-state index is 10.00. The molecule has 0 spiro atoms. The van der Waals surface area contributed by atoms with E-state index in [1.807, 2.05) is 18.2 Å². The van der Waals surface area contributed by atoms with Crippen molar-refractivity contribution in [2.45, 2.75) is 19.3 Å². The smallest absolute Gasteiger partial charge is 0.101 e. The van der Waals surface area contributed by atoms with Gasteiger partial charge in [-0.1, -0.05) is 98.8 Å². The molecule has 0 bridgehead atoms. The van der Waals surface area contributed by atoms with Crippen molar-refractivity contribution in [3.8, 4) is 6.07 Å². The van der Waals surface area contributed by atoms with E-state index in [9.17, 15) is 5.26 Å². The van der Waals surface area contributed by atoms with Crippen LogP contribution in [-0.4, -0.2) is 0 Å². The SMILES string of the molecule is CC1(C)c2ccc3ccccc3c2N(c2ccccc2C#N)c2c1ccc1ccccc21. The molecule has 0 aromatic heterocycles. The van der Waals surface area contributed by atoms with Gasteiger partial charge >= 0.3 is 0 Å². The Labute approximate surface area is 188 Å². The number of nitrogens with zero attached hydrogens (tertiary/aromatic N) is 2. The van der Waals surface area contributed by atoms with E-state index in [1.54, 1.807) is 0 Å². The third-order valence-electron chi connectivity index (χ3n) is 6.86. The summed E-state index contributed by atoms with van der Waals surface area (Å²) in [5.41, 5.74) is 6.28. The first-order valence-electron chi connectivity index (χ1n) is 10.9.